The molecule has 0 radical (unpaired) electrons. The van der Waals surface area contributed by atoms with Gasteiger partial charge in [0.25, 0.3) is 11.6 Å². The Morgan fingerprint density at radius 2 is 2.24 bits per heavy atom. The van der Waals surface area contributed by atoms with Crippen LogP contribution in [0.3, 0.4) is 0 Å². The molecular weight excluding hydrogens is 274 g/mol. The molecule has 0 fully saturated rings. The highest BCUT2D eigenvalue weighted by Crippen LogP contribution is 2.23. The quantitative estimate of drug-likeness (QED) is 0.776. The van der Waals surface area contributed by atoms with Gasteiger partial charge in [-0.1, -0.05) is 5.16 Å². The SMILES string of the molecule is CCOCCNC(=O)COc1cc(C)c2c(C)noc2n1. The van der Waals surface area contributed by atoms with Crippen molar-refractivity contribution in [2.24, 2.45) is 0 Å². The van der Waals surface area contributed by atoms with Gasteiger partial charge in [0.2, 0.25) is 5.88 Å². The van der Waals surface area contributed by atoms with Crippen molar-refractivity contribution in [1.29, 1.82) is 0 Å². The van der Waals surface area contributed by atoms with Gasteiger partial charge in [-0.05, 0) is 26.3 Å². The fourth-order valence-corrected chi connectivity index (χ4v) is 1.95. The zero-order valence-electron chi connectivity index (χ0n) is 12.4. The van der Waals surface area contributed by atoms with Crippen LogP contribution in [0.15, 0.2) is 10.6 Å². The fourth-order valence-electron chi connectivity index (χ4n) is 1.95. The molecule has 0 aromatic carbocycles. The first kappa shape index (κ1) is 15.2. The first-order chi connectivity index (χ1) is 10.1. The van der Waals surface area contributed by atoms with E-state index in [-0.39, 0.29) is 12.5 Å². The molecule has 7 nitrogen and oxygen atoms in total. The van der Waals surface area contributed by atoms with Crippen molar-refractivity contribution >= 4 is 17.0 Å². The number of aryl methyl sites for hydroxylation is 2. The Hall–Kier alpha value is -2.15. The maximum absolute atomic E-state index is 11.6. The minimum atomic E-state index is -0.219. The summed E-state index contributed by atoms with van der Waals surface area (Å²) in [6, 6.07) is 1.76. The molecule has 2 aromatic heterocycles. The molecule has 0 bridgehead atoms. The second kappa shape index (κ2) is 7.03. The van der Waals surface area contributed by atoms with Gasteiger partial charge in [-0.15, -0.1) is 0 Å². The molecule has 0 aliphatic carbocycles. The third-order valence-electron chi connectivity index (χ3n) is 2.91. The summed E-state index contributed by atoms with van der Waals surface area (Å²) in [5.74, 6) is 0.124. The summed E-state index contributed by atoms with van der Waals surface area (Å²) in [6.07, 6.45) is 0. The number of carbonyl (C=O) groups is 1. The lowest BCUT2D eigenvalue weighted by atomic mass is 10.2. The molecule has 0 aliphatic heterocycles. The van der Waals surface area contributed by atoms with E-state index in [4.69, 9.17) is 14.0 Å². The average Bonchev–Trinajstić information content (AvgIpc) is 2.83. The van der Waals surface area contributed by atoms with Gasteiger partial charge in [-0.3, -0.25) is 4.79 Å². The van der Waals surface area contributed by atoms with Crippen molar-refractivity contribution in [3.8, 4) is 5.88 Å². The predicted molar refractivity (Wildman–Crippen MR) is 76.3 cm³/mol. The largest absolute Gasteiger partial charge is 0.467 e. The second-order valence-electron chi connectivity index (χ2n) is 4.56. The van der Waals surface area contributed by atoms with E-state index in [2.05, 4.69) is 15.5 Å². The topological polar surface area (TPSA) is 86.5 Å². The molecule has 2 aromatic rings. The van der Waals surface area contributed by atoms with Crippen LogP contribution in [-0.2, 0) is 9.53 Å². The summed E-state index contributed by atoms with van der Waals surface area (Å²) in [5, 5.41) is 7.43. The van der Waals surface area contributed by atoms with Gasteiger partial charge in [0, 0.05) is 19.2 Å². The number of hydrogen-bond acceptors (Lipinski definition) is 6. The van der Waals surface area contributed by atoms with Gasteiger partial charge in [0.1, 0.15) is 0 Å². The lowest BCUT2D eigenvalue weighted by Crippen LogP contribution is -2.31. The summed E-state index contributed by atoms with van der Waals surface area (Å²) in [5.41, 5.74) is 2.15. The van der Waals surface area contributed by atoms with E-state index in [1.54, 1.807) is 6.07 Å². The molecule has 0 saturated heterocycles. The van der Waals surface area contributed by atoms with Crippen LogP contribution in [0.2, 0.25) is 0 Å². The maximum Gasteiger partial charge on any atom is 0.261 e. The van der Waals surface area contributed by atoms with Gasteiger partial charge in [-0.2, -0.15) is 4.98 Å². The number of hydrogen-bond donors (Lipinski definition) is 1. The van der Waals surface area contributed by atoms with Crippen molar-refractivity contribution in [3.05, 3.63) is 17.3 Å². The number of rotatable bonds is 7. The highest BCUT2D eigenvalue weighted by atomic mass is 16.5. The Morgan fingerprint density at radius 1 is 1.43 bits per heavy atom. The molecule has 21 heavy (non-hydrogen) atoms. The lowest BCUT2D eigenvalue weighted by molar-refractivity contribution is -0.123. The fraction of sp³-hybridized carbons (Fsp3) is 0.500. The standard InChI is InChI=1S/C14H19N3O4/c1-4-19-6-5-15-11(18)8-20-12-7-9(2)13-10(3)17-21-14(13)16-12/h7H,4-6,8H2,1-3H3,(H,15,18). The van der Waals surface area contributed by atoms with Gasteiger partial charge in [-0.25, -0.2) is 0 Å². The normalized spacial score (nSPS) is 10.8. The summed E-state index contributed by atoms with van der Waals surface area (Å²) in [4.78, 5) is 15.8. The molecule has 0 spiro atoms. The number of carbonyl (C=O) groups excluding carboxylic acids is 1. The number of pyridine rings is 1. The smallest absolute Gasteiger partial charge is 0.261 e. The van der Waals surface area contributed by atoms with E-state index in [0.29, 0.717) is 31.4 Å². The van der Waals surface area contributed by atoms with Gasteiger partial charge in [0.05, 0.1) is 17.7 Å². The molecule has 114 valence electrons. The minimum absolute atomic E-state index is 0.100. The van der Waals surface area contributed by atoms with Crippen molar-refractivity contribution < 1.29 is 18.8 Å². The van der Waals surface area contributed by atoms with Crippen LogP contribution in [0.5, 0.6) is 5.88 Å². The van der Waals surface area contributed by atoms with Crippen molar-refractivity contribution in [3.63, 3.8) is 0 Å². The van der Waals surface area contributed by atoms with Crippen molar-refractivity contribution in [2.75, 3.05) is 26.4 Å². The predicted octanol–water partition coefficient (Wildman–Crippen LogP) is 1.37. The maximum atomic E-state index is 11.6. The summed E-state index contributed by atoms with van der Waals surface area (Å²) in [7, 11) is 0. The molecule has 2 heterocycles. The van der Waals surface area contributed by atoms with E-state index >= 15 is 0 Å². The molecule has 2 rings (SSSR count). The van der Waals surface area contributed by atoms with Crippen molar-refractivity contribution in [1.82, 2.24) is 15.5 Å². The highest BCUT2D eigenvalue weighted by molar-refractivity contribution is 5.80. The monoisotopic (exact) mass is 293 g/mol. The second-order valence-corrected chi connectivity index (χ2v) is 4.56. The number of ether oxygens (including phenoxy) is 2. The van der Waals surface area contributed by atoms with Gasteiger partial charge >= 0.3 is 0 Å². The van der Waals surface area contributed by atoms with Crippen LogP contribution in [0.4, 0.5) is 0 Å². The number of nitrogens with one attached hydrogen (secondary N) is 1. The van der Waals surface area contributed by atoms with E-state index in [1.807, 2.05) is 20.8 Å². The molecular formula is C14H19N3O4. The zero-order chi connectivity index (χ0) is 15.2. The molecule has 0 atom stereocenters. The Bertz CT molecular complexity index is 624. The van der Waals surface area contributed by atoms with Crippen LogP contribution in [0, 0.1) is 13.8 Å². The molecule has 0 saturated carbocycles. The molecule has 1 N–H and O–H groups in total. The Labute approximate surface area is 122 Å². The van der Waals surface area contributed by atoms with E-state index < -0.39 is 0 Å². The molecule has 7 heteroatoms. The van der Waals surface area contributed by atoms with E-state index in [1.165, 1.54) is 0 Å². The van der Waals surface area contributed by atoms with Crippen LogP contribution < -0.4 is 10.1 Å². The molecule has 0 unspecified atom stereocenters. The number of amides is 1. The molecule has 0 aliphatic rings. The zero-order valence-corrected chi connectivity index (χ0v) is 12.4. The van der Waals surface area contributed by atoms with Crippen molar-refractivity contribution in [2.45, 2.75) is 20.8 Å². The lowest BCUT2D eigenvalue weighted by Gasteiger charge is -2.07. The summed E-state index contributed by atoms with van der Waals surface area (Å²) < 4.78 is 15.6. The number of nitrogens with zero attached hydrogens (tertiary/aromatic N) is 2. The number of aromatic nitrogens is 2. The summed E-state index contributed by atoms with van der Waals surface area (Å²) in [6.45, 7) is 7.16. The van der Waals surface area contributed by atoms with Crippen LogP contribution in [-0.4, -0.2) is 42.4 Å². The van der Waals surface area contributed by atoms with Crippen LogP contribution in [0.1, 0.15) is 18.2 Å². The van der Waals surface area contributed by atoms with Gasteiger partial charge < -0.3 is 19.3 Å². The third kappa shape index (κ3) is 3.91. The van der Waals surface area contributed by atoms with E-state index in [9.17, 15) is 4.79 Å². The first-order valence-corrected chi connectivity index (χ1v) is 6.82. The molecule has 1 amide bonds. The minimum Gasteiger partial charge on any atom is -0.467 e. The highest BCUT2D eigenvalue weighted by Gasteiger charge is 2.12. The third-order valence-corrected chi connectivity index (χ3v) is 2.91. The van der Waals surface area contributed by atoms with Gasteiger partial charge in [0.15, 0.2) is 6.61 Å². The van der Waals surface area contributed by atoms with E-state index in [0.717, 1.165) is 16.6 Å². The van der Waals surface area contributed by atoms with Crippen LogP contribution >= 0.6 is 0 Å². The number of fused-ring (bicyclic) bond motifs is 1. The Kier molecular flexibility index (Phi) is 5.10. The Balaban J connectivity index is 1.90. The summed E-state index contributed by atoms with van der Waals surface area (Å²) >= 11 is 0. The average molecular weight is 293 g/mol. The van der Waals surface area contributed by atoms with Crippen LogP contribution in [0.25, 0.3) is 11.1 Å². The first-order valence-electron chi connectivity index (χ1n) is 6.82. The Morgan fingerprint density at radius 3 is 3.00 bits per heavy atom.